The van der Waals surface area contributed by atoms with Crippen LogP contribution in [0.4, 0.5) is 0 Å². The van der Waals surface area contributed by atoms with Gasteiger partial charge in [-0.15, -0.1) is 0 Å². The lowest BCUT2D eigenvalue weighted by Crippen LogP contribution is -2.32. The fraction of sp³-hybridized carbons (Fsp3) is 0.0185. The Morgan fingerprint density at radius 3 is 0.991 bits per heavy atom. The van der Waals surface area contributed by atoms with Crippen molar-refractivity contribution >= 4 is 10.8 Å². The third kappa shape index (κ3) is 10.5. The molecule has 0 saturated heterocycles. The van der Waals surface area contributed by atoms with E-state index in [1.807, 2.05) is 24.3 Å². The highest BCUT2D eigenvalue weighted by Crippen LogP contribution is 2.66. The van der Waals surface area contributed by atoms with Gasteiger partial charge < -0.3 is 9.47 Å². The molecule has 1 unspecified atom stereocenters. The molecule has 540 valence electrons. The van der Waals surface area contributed by atoms with Gasteiger partial charge in [0.15, 0.2) is 34.9 Å². The topological polar surface area (TPSA) is 95.8 Å². The molecule has 19 aromatic rings. The molecule has 4 aliphatic rings. The second-order valence-electron chi connectivity index (χ2n) is 30.2. The lowest BCUT2D eigenvalue weighted by Gasteiger charge is -2.40. The second kappa shape index (κ2) is 26.7. The van der Waals surface area contributed by atoms with Crippen molar-refractivity contribution in [1.82, 2.24) is 29.9 Å². The van der Waals surface area contributed by atoms with E-state index in [9.17, 15) is 0 Å². The van der Waals surface area contributed by atoms with Crippen LogP contribution >= 0.6 is 0 Å². The van der Waals surface area contributed by atoms with Gasteiger partial charge in [0, 0.05) is 66.8 Å². The normalized spacial score (nSPS) is 13.9. The molecule has 0 N–H and O–H groups in total. The average Bonchev–Trinajstić information content (AvgIpc) is 1.51. The first-order chi connectivity index (χ1) is 57.5. The third-order valence-corrected chi connectivity index (χ3v) is 24.0. The van der Waals surface area contributed by atoms with Gasteiger partial charge in [0.25, 0.3) is 0 Å². The van der Waals surface area contributed by atoms with E-state index in [0.717, 1.165) is 145 Å². The van der Waals surface area contributed by atoms with E-state index in [0.29, 0.717) is 34.9 Å². The van der Waals surface area contributed by atoms with Gasteiger partial charge in [-0.1, -0.05) is 364 Å². The molecule has 0 amide bonds. The Kier molecular flexibility index (Phi) is 15.3. The Morgan fingerprint density at radius 2 is 0.457 bits per heavy atom. The third-order valence-electron chi connectivity index (χ3n) is 24.0. The molecular formula is C108H66N6O2. The van der Waals surface area contributed by atoms with Crippen molar-refractivity contribution in [3.05, 3.63) is 445 Å². The predicted octanol–water partition coefficient (Wildman–Crippen LogP) is 26.5. The number of fused-ring (bicyclic) bond motifs is 19. The summed E-state index contributed by atoms with van der Waals surface area (Å²) in [6.45, 7) is 0. The zero-order valence-electron chi connectivity index (χ0n) is 62.6. The van der Waals surface area contributed by atoms with Crippen LogP contribution in [0.25, 0.3) is 157 Å². The van der Waals surface area contributed by atoms with Crippen LogP contribution in [0, 0.1) is 0 Å². The summed E-state index contributed by atoms with van der Waals surface area (Å²) in [5, 5.41) is 2.19. The number of hydrogen-bond donors (Lipinski definition) is 0. The van der Waals surface area contributed by atoms with Crippen LogP contribution in [0.2, 0.25) is 0 Å². The monoisotopic (exact) mass is 1480 g/mol. The van der Waals surface area contributed by atoms with Crippen molar-refractivity contribution in [3.63, 3.8) is 0 Å². The van der Waals surface area contributed by atoms with Gasteiger partial charge in [0.2, 0.25) is 0 Å². The Balaban J connectivity index is 0.604. The van der Waals surface area contributed by atoms with E-state index in [1.54, 1.807) is 0 Å². The largest absolute Gasteiger partial charge is 0.456 e. The molecule has 17 aromatic carbocycles. The molecular weight excluding hydrogens is 1410 g/mol. The summed E-state index contributed by atoms with van der Waals surface area (Å²) in [5.74, 6) is 6.76. The Labute approximate surface area is 670 Å². The number of aromatic nitrogens is 6. The number of rotatable bonds is 11. The van der Waals surface area contributed by atoms with Crippen LogP contribution in [-0.4, -0.2) is 29.9 Å². The molecule has 4 heterocycles. The molecule has 8 nitrogen and oxygen atoms in total. The molecule has 1 atom stereocenters. The highest BCUT2D eigenvalue weighted by molar-refractivity contribution is 5.97. The maximum Gasteiger partial charge on any atom is 0.164 e. The van der Waals surface area contributed by atoms with Gasteiger partial charge >= 0.3 is 0 Å². The minimum atomic E-state index is -0.757. The fourth-order valence-electron chi connectivity index (χ4n) is 18.7. The number of hydrogen-bond acceptors (Lipinski definition) is 8. The summed E-state index contributed by atoms with van der Waals surface area (Å²) in [6, 6.07) is 142. The molecule has 0 radical (unpaired) electrons. The summed E-state index contributed by atoms with van der Waals surface area (Å²) < 4.78 is 14.5. The molecule has 0 bridgehead atoms. The van der Waals surface area contributed by atoms with Crippen LogP contribution in [-0.2, 0) is 10.8 Å². The smallest absolute Gasteiger partial charge is 0.164 e. The number of ether oxygens (including phenoxy) is 2. The summed E-state index contributed by atoms with van der Waals surface area (Å²) in [4.78, 5) is 31.7. The van der Waals surface area contributed by atoms with E-state index in [1.165, 1.54) is 44.5 Å². The van der Waals surface area contributed by atoms with E-state index < -0.39 is 10.8 Å². The molecule has 0 saturated carbocycles. The Morgan fingerprint density at radius 1 is 0.164 bits per heavy atom. The maximum atomic E-state index is 7.32. The molecule has 116 heavy (non-hydrogen) atoms. The van der Waals surface area contributed by atoms with Gasteiger partial charge in [-0.25, -0.2) is 29.9 Å². The van der Waals surface area contributed by atoms with Crippen molar-refractivity contribution in [1.29, 1.82) is 0 Å². The maximum absolute atomic E-state index is 7.32. The van der Waals surface area contributed by atoms with Crippen LogP contribution in [0.3, 0.4) is 0 Å². The fourth-order valence-corrected chi connectivity index (χ4v) is 18.7. The van der Waals surface area contributed by atoms with Gasteiger partial charge in [-0.3, -0.25) is 0 Å². The van der Waals surface area contributed by atoms with E-state index in [2.05, 4.69) is 376 Å². The molecule has 2 aliphatic heterocycles. The minimum absolute atomic E-state index is 0.557. The summed E-state index contributed by atoms with van der Waals surface area (Å²) in [7, 11) is 0. The van der Waals surface area contributed by atoms with Crippen LogP contribution in [0.5, 0.6) is 23.0 Å². The lowest BCUT2D eigenvalue weighted by atomic mass is 9.65. The number of nitrogens with zero attached hydrogens (tertiary/aromatic N) is 6. The molecule has 2 spiro atoms. The zero-order chi connectivity index (χ0) is 76.4. The first-order valence-electron chi connectivity index (χ1n) is 39.4. The number of benzene rings is 17. The van der Waals surface area contributed by atoms with Crippen LogP contribution in [0.1, 0.15) is 44.5 Å². The quantitative estimate of drug-likeness (QED) is 0.126. The summed E-state index contributed by atoms with van der Waals surface area (Å²) >= 11 is 0. The predicted molar refractivity (Wildman–Crippen MR) is 465 cm³/mol. The van der Waals surface area contributed by atoms with Gasteiger partial charge in [-0.05, 0) is 136 Å². The standard InChI is InChI=1S/C108H66N6O2/c1-3-25-67(26-4-1)68-53-57-72(58-54-68)102-109-103(112-104(111-102)79-35-20-33-77(64-79)82-41-23-49-94-99(82)115-97-51-17-15-47-92(97)107(94)89-44-12-9-38-84(89)85-39-10-13-45-90(85)107)73-59-55-69(56-60-73)74-31-19-32-75(63-74)76-61-62-87-86-40-11-14-46-91(86)108(96(87)66-76)93-48-16-18-52-98(93)116-100-83(42-24-50-95(100)108)78-34-21-36-80(65-78)105-110-101(71-28-5-2-6-29-71)113-106(114-105)88-43-22-30-70-27-7-8-37-81(70)88/h1-66H. The highest BCUT2D eigenvalue weighted by Gasteiger charge is 2.53. The highest BCUT2D eigenvalue weighted by atomic mass is 16.5. The van der Waals surface area contributed by atoms with Crippen molar-refractivity contribution in [2.45, 2.75) is 10.8 Å². The first-order valence-corrected chi connectivity index (χ1v) is 39.4. The van der Waals surface area contributed by atoms with Crippen LogP contribution in [0.15, 0.2) is 400 Å². The van der Waals surface area contributed by atoms with E-state index in [4.69, 9.17) is 39.4 Å². The van der Waals surface area contributed by atoms with Gasteiger partial charge in [0.1, 0.15) is 23.0 Å². The second-order valence-corrected chi connectivity index (χ2v) is 30.2. The minimum Gasteiger partial charge on any atom is -0.456 e. The van der Waals surface area contributed by atoms with Gasteiger partial charge in [-0.2, -0.15) is 0 Å². The molecule has 2 aliphatic carbocycles. The molecule has 8 heteroatoms. The Bertz CT molecular complexity index is 7170. The zero-order valence-corrected chi connectivity index (χ0v) is 62.6. The first kappa shape index (κ1) is 66.4. The number of para-hydroxylation sites is 4. The van der Waals surface area contributed by atoms with Crippen molar-refractivity contribution in [3.8, 4) is 169 Å². The van der Waals surface area contributed by atoms with E-state index in [-0.39, 0.29) is 0 Å². The van der Waals surface area contributed by atoms with Crippen molar-refractivity contribution < 1.29 is 9.47 Å². The SMILES string of the molecule is c1ccc(-c2ccc(-c3nc(-c4ccc(-c5cccc(-c6ccc7c(c6)C6(c8ccccc8Oc8c(-c9cccc(-c%10nc(-c%11ccccc%11)nc(-c%11cccc%12ccccc%11%12)n%10)c9)cccc86)c6ccccc6-7)c5)cc4)nc(-c4cccc(-c5cccc6c5Oc5ccccc5C65c6ccccc6-c6ccccc65)c4)n3)cc2)cc1. The summed E-state index contributed by atoms with van der Waals surface area (Å²) in [5.41, 5.74) is 28.6. The summed E-state index contributed by atoms with van der Waals surface area (Å²) in [6.07, 6.45) is 0. The van der Waals surface area contributed by atoms with Crippen molar-refractivity contribution in [2.75, 3.05) is 0 Å². The molecule has 23 rings (SSSR count). The molecule has 2 aromatic heterocycles. The van der Waals surface area contributed by atoms with Gasteiger partial charge in [0.05, 0.1) is 10.8 Å². The van der Waals surface area contributed by atoms with Crippen LogP contribution < -0.4 is 9.47 Å². The Hall–Kier alpha value is -15.4. The molecule has 0 fully saturated rings. The van der Waals surface area contributed by atoms with E-state index >= 15 is 0 Å². The lowest BCUT2D eigenvalue weighted by molar-refractivity contribution is 0.438. The van der Waals surface area contributed by atoms with Crippen molar-refractivity contribution in [2.24, 2.45) is 0 Å². The average molecular weight is 1480 g/mol.